The third kappa shape index (κ3) is 3.01. The van der Waals surface area contributed by atoms with E-state index in [2.05, 4.69) is 10.6 Å². The molecule has 1 aliphatic rings. The highest BCUT2D eigenvalue weighted by atomic mass is 16.5. The van der Waals surface area contributed by atoms with Gasteiger partial charge in [-0.15, -0.1) is 0 Å². The summed E-state index contributed by atoms with van der Waals surface area (Å²) in [5.74, 6) is 0.790. The number of likely N-dealkylation sites (N-methyl/N-ethyl adjacent to an activating group) is 1. The van der Waals surface area contributed by atoms with Gasteiger partial charge in [-0.3, -0.25) is 4.79 Å². The lowest BCUT2D eigenvalue weighted by atomic mass is 10.2. The van der Waals surface area contributed by atoms with E-state index in [9.17, 15) is 9.59 Å². The molecule has 108 valence electrons. The number of para-hydroxylation sites is 1. The van der Waals surface area contributed by atoms with E-state index >= 15 is 0 Å². The minimum Gasteiger partial charge on any atom is -0.479 e. The fraction of sp³-hybridized carbons (Fsp3) is 0.429. The van der Waals surface area contributed by atoms with Crippen molar-refractivity contribution in [2.75, 3.05) is 30.4 Å². The first-order chi connectivity index (χ1) is 9.49. The highest BCUT2D eigenvalue weighted by Crippen LogP contribution is 2.37. The Morgan fingerprint density at radius 3 is 2.90 bits per heavy atom. The van der Waals surface area contributed by atoms with Crippen molar-refractivity contribution in [3.8, 4) is 5.75 Å². The van der Waals surface area contributed by atoms with Crippen LogP contribution in [0.5, 0.6) is 5.75 Å². The van der Waals surface area contributed by atoms with E-state index in [1.807, 2.05) is 13.8 Å². The van der Waals surface area contributed by atoms with E-state index in [1.54, 1.807) is 25.2 Å². The van der Waals surface area contributed by atoms with Crippen molar-refractivity contribution < 1.29 is 14.3 Å². The highest BCUT2D eigenvalue weighted by molar-refractivity contribution is 6.00. The SMILES string of the molecule is CC(C)CNC(=O)Nc1cccc2c1OCC(=O)N2C. The minimum atomic E-state index is -0.282. The normalized spacial score (nSPS) is 13.8. The van der Waals surface area contributed by atoms with Crippen LogP contribution in [0.15, 0.2) is 18.2 Å². The summed E-state index contributed by atoms with van der Waals surface area (Å²) in [6.07, 6.45) is 0. The van der Waals surface area contributed by atoms with Crippen LogP contribution >= 0.6 is 0 Å². The topological polar surface area (TPSA) is 70.7 Å². The van der Waals surface area contributed by atoms with E-state index in [1.165, 1.54) is 4.90 Å². The lowest BCUT2D eigenvalue weighted by Crippen LogP contribution is -2.36. The molecular formula is C14H19N3O3. The summed E-state index contributed by atoms with van der Waals surface area (Å²) in [5, 5.41) is 5.52. The van der Waals surface area contributed by atoms with Crippen molar-refractivity contribution in [1.82, 2.24) is 5.32 Å². The molecule has 20 heavy (non-hydrogen) atoms. The predicted molar refractivity (Wildman–Crippen MR) is 77.2 cm³/mol. The van der Waals surface area contributed by atoms with Crippen LogP contribution < -0.4 is 20.3 Å². The first-order valence-electron chi connectivity index (χ1n) is 6.56. The molecule has 6 heteroatoms. The number of fused-ring (bicyclic) bond motifs is 1. The van der Waals surface area contributed by atoms with Crippen LogP contribution in [0.1, 0.15) is 13.8 Å². The fourth-order valence-corrected chi connectivity index (χ4v) is 1.87. The number of nitrogens with zero attached hydrogens (tertiary/aromatic N) is 1. The molecule has 0 radical (unpaired) electrons. The van der Waals surface area contributed by atoms with Gasteiger partial charge in [-0.25, -0.2) is 4.79 Å². The predicted octanol–water partition coefficient (Wildman–Crippen LogP) is 1.82. The van der Waals surface area contributed by atoms with Crippen molar-refractivity contribution in [3.05, 3.63) is 18.2 Å². The van der Waals surface area contributed by atoms with Crippen LogP contribution in [-0.2, 0) is 4.79 Å². The van der Waals surface area contributed by atoms with Gasteiger partial charge < -0.3 is 20.3 Å². The molecule has 0 saturated heterocycles. The van der Waals surface area contributed by atoms with Crippen molar-refractivity contribution in [2.24, 2.45) is 5.92 Å². The molecular weight excluding hydrogens is 258 g/mol. The maximum Gasteiger partial charge on any atom is 0.319 e. The quantitative estimate of drug-likeness (QED) is 0.885. The number of rotatable bonds is 3. The highest BCUT2D eigenvalue weighted by Gasteiger charge is 2.24. The lowest BCUT2D eigenvalue weighted by molar-refractivity contribution is -0.120. The fourth-order valence-electron chi connectivity index (χ4n) is 1.87. The van der Waals surface area contributed by atoms with Gasteiger partial charge >= 0.3 is 6.03 Å². The summed E-state index contributed by atoms with van der Waals surface area (Å²) in [7, 11) is 1.69. The number of carbonyl (C=O) groups is 2. The van der Waals surface area contributed by atoms with Gasteiger partial charge in [0, 0.05) is 13.6 Å². The summed E-state index contributed by atoms with van der Waals surface area (Å²) < 4.78 is 5.43. The summed E-state index contributed by atoms with van der Waals surface area (Å²) in [6.45, 7) is 4.62. The van der Waals surface area contributed by atoms with E-state index in [4.69, 9.17) is 4.74 Å². The second-order valence-electron chi connectivity index (χ2n) is 5.12. The second-order valence-corrected chi connectivity index (χ2v) is 5.12. The van der Waals surface area contributed by atoms with E-state index in [-0.39, 0.29) is 18.5 Å². The Morgan fingerprint density at radius 1 is 1.45 bits per heavy atom. The number of benzene rings is 1. The molecule has 0 fully saturated rings. The smallest absolute Gasteiger partial charge is 0.319 e. The maximum absolute atomic E-state index is 11.8. The van der Waals surface area contributed by atoms with Gasteiger partial charge in [0.25, 0.3) is 5.91 Å². The number of nitrogens with one attached hydrogen (secondary N) is 2. The Morgan fingerprint density at radius 2 is 2.20 bits per heavy atom. The monoisotopic (exact) mass is 277 g/mol. The molecule has 2 rings (SSSR count). The van der Waals surface area contributed by atoms with E-state index in [0.717, 1.165) is 0 Å². The molecule has 3 amide bonds. The number of urea groups is 1. The van der Waals surface area contributed by atoms with Gasteiger partial charge in [-0.2, -0.15) is 0 Å². The molecule has 0 saturated carbocycles. The molecule has 1 heterocycles. The molecule has 1 aromatic rings. The molecule has 2 N–H and O–H groups in total. The molecule has 0 aliphatic carbocycles. The largest absolute Gasteiger partial charge is 0.479 e. The van der Waals surface area contributed by atoms with Crippen LogP contribution in [-0.4, -0.2) is 32.1 Å². The Hall–Kier alpha value is -2.24. The average Bonchev–Trinajstić information content (AvgIpc) is 2.41. The van der Waals surface area contributed by atoms with Crippen molar-refractivity contribution >= 4 is 23.3 Å². The maximum atomic E-state index is 11.8. The van der Waals surface area contributed by atoms with Crippen LogP contribution in [0.3, 0.4) is 0 Å². The molecule has 1 aliphatic heterocycles. The zero-order valence-corrected chi connectivity index (χ0v) is 11.9. The minimum absolute atomic E-state index is 0.0180. The van der Waals surface area contributed by atoms with Crippen LogP contribution in [0.4, 0.5) is 16.2 Å². The third-order valence-corrected chi connectivity index (χ3v) is 2.99. The van der Waals surface area contributed by atoms with Crippen molar-refractivity contribution in [1.29, 1.82) is 0 Å². The Labute approximate surface area is 118 Å². The Kier molecular flexibility index (Phi) is 4.12. The molecule has 6 nitrogen and oxygen atoms in total. The molecule has 0 aromatic heterocycles. The number of anilines is 2. The third-order valence-electron chi connectivity index (χ3n) is 2.99. The first-order valence-corrected chi connectivity index (χ1v) is 6.56. The van der Waals surface area contributed by atoms with Crippen LogP contribution in [0.25, 0.3) is 0 Å². The van der Waals surface area contributed by atoms with Crippen molar-refractivity contribution in [2.45, 2.75) is 13.8 Å². The molecule has 0 spiro atoms. The molecule has 1 aromatic carbocycles. The van der Waals surface area contributed by atoms with Crippen LogP contribution in [0.2, 0.25) is 0 Å². The second kappa shape index (κ2) is 5.81. The lowest BCUT2D eigenvalue weighted by Gasteiger charge is -2.27. The number of hydrogen-bond donors (Lipinski definition) is 2. The van der Waals surface area contributed by atoms with Crippen LogP contribution in [0, 0.1) is 5.92 Å². The zero-order valence-electron chi connectivity index (χ0n) is 11.9. The summed E-state index contributed by atoms with van der Waals surface area (Å²) >= 11 is 0. The Bertz CT molecular complexity index is 528. The van der Waals surface area contributed by atoms with Gasteiger partial charge in [-0.05, 0) is 18.1 Å². The Balaban J connectivity index is 2.14. The number of amides is 3. The van der Waals surface area contributed by atoms with Gasteiger partial charge in [-0.1, -0.05) is 19.9 Å². The first kappa shape index (κ1) is 14.2. The van der Waals surface area contributed by atoms with Gasteiger partial charge in [0.05, 0.1) is 11.4 Å². The van der Waals surface area contributed by atoms with Gasteiger partial charge in [0.15, 0.2) is 12.4 Å². The average molecular weight is 277 g/mol. The van der Waals surface area contributed by atoms with Crippen molar-refractivity contribution in [3.63, 3.8) is 0 Å². The molecule has 0 atom stereocenters. The number of hydrogen-bond acceptors (Lipinski definition) is 3. The van der Waals surface area contributed by atoms with Gasteiger partial charge in [0.2, 0.25) is 0 Å². The summed E-state index contributed by atoms with van der Waals surface area (Å²) in [4.78, 5) is 24.9. The molecule has 0 bridgehead atoms. The zero-order chi connectivity index (χ0) is 14.7. The summed E-state index contributed by atoms with van der Waals surface area (Å²) in [5.41, 5.74) is 1.21. The number of carbonyl (C=O) groups excluding carboxylic acids is 2. The van der Waals surface area contributed by atoms with Gasteiger partial charge in [0.1, 0.15) is 0 Å². The standard InChI is InChI=1S/C14H19N3O3/c1-9(2)7-15-14(19)16-10-5-4-6-11-13(10)20-8-12(18)17(11)3/h4-6,9H,7-8H2,1-3H3,(H2,15,16,19). The molecule has 0 unspecified atom stereocenters. The van der Waals surface area contributed by atoms with E-state index < -0.39 is 0 Å². The summed E-state index contributed by atoms with van der Waals surface area (Å²) in [6, 6.07) is 5.02. The van der Waals surface area contributed by atoms with E-state index in [0.29, 0.717) is 29.6 Å². The number of ether oxygens (including phenoxy) is 1.